The molecule has 0 atom stereocenters. The van der Waals surface area contributed by atoms with Crippen molar-refractivity contribution >= 4 is 17.5 Å². The van der Waals surface area contributed by atoms with Crippen LogP contribution in [0.3, 0.4) is 0 Å². The first-order valence-electron chi connectivity index (χ1n) is 7.47. The van der Waals surface area contributed by atoms with Crippen molar-refractivity contribution in [3.05, 3.63) is 29.3 Å². The minimum Gasteiger partial charge on any atom is -0.482 e. The van der Waals surface area contributed by atoms with Gasteiger partial charge >= 0.3 is 0 Å². The molecule has 5 heteroatoms. The summed E-state index contributed by atoms with van der Waals surface area (Å²) >= 11 is 5.98. The molecule has 1 aliphatic rings. The van der Waals surface area contributed by atoms with Crippen LogP contribution in [0.2, 0.25) is 5.02 Å². The lowest BCUT2D eigenvalue weighted by Crippen LogP contribution is -2.47. The van der Waals surface area contributed by atoms with Gasteiger partial charge in [0.05, 0.1) is 5.02 Å². The van der Waals surface area contributed by atoms with Crippen LogP contribution in [0.1, 0.15) is 26.7 Å². The Morgan fingerprint density at radius 2 is 2.05 bits per heavy atom. The fraction of sp³-hybridized carbons (Fsp3) is 0.562. The average Bonchev–Trinajstić information content (AvgIpc) is 2.47. The smallest absolute Gasteiger partial charge is 0.258 e. The number of carbonyl (C=O) groups is 1. The number of rotatable bonds is 5. The molecule has 21 heavy (non-hydrogen) atoms. The Morgan fingerprint density at radius 1 is 1.38 bits per heavy atom. The number of carbonyl (C=O) groups excluding carboxylic acids is 1. The molecule has 1 N–H and O–H groups in total. The molecule has 0 aliphatic carbocycles. The predicted molar refractivity (Wildman–Crippen MR) is 84.8 cm³/mol. The van der Waals surface area contributed by atoms with Crippen LogP contribution in [0.5, 0.6) is 5.75 Å². The zero-order valence-corrected chi connectivity index (χ0v) is 13.4. The third kappa shape index (κ3) is 4.90. The molecule has 1 aromatic carbocycles. The lowest BCUT2D eigenvalue weighted by molar-refractivity contribution is -0.124. The van der Waals surface area contributed by atoms with Crippen LogP contribution in [0.15, 0.2) is 24.3 Å². The molecule has 1 aromatic rings. The fourth-order valence-corrected chi connectivity index (χ4v) is 2.72. The monoisotopic (exact) mass is 310 g/mol. The van der Waals surface area contributed by atoms with Crippen molar-refractivity contribution in [2.24, 2.45) is 0 Å². The largest absolute Gasteiger partial charge is 0.482 e. The van der Waals surface area contributed by atoms with E-state index in [0.717, 1.165) is 25.9 Å². The van der Waals surface area contributed by atoms with Crippen molar-refractivity contribution < 1.29 is 9.53 Å². The maximum Gasteiger partial charge on any atom is 0.258 e. The Balaban J connectivity index is 1.72. The maximum atomic E-state index is 11.9. The summed E-state index contributed by atoms with van der Waals surface area (Å²) in [5.74, 6) is 0.460. The Hall–Kier alpha value is -1.26. The van der Waals surface area contributed by atoms with Gasteiger partial charge in [0.1, 0.15) is 5.75 Å². The van der Waals surface area contributed by atoms with Gasteiger partial charge in [0.2, 0.25) is 0 Å². The number of ether oxygens (including phenoxy) is 1. The first-order chi connectivity index (χ1) is 10.1. The lowest BCUT2D eigenvalue weighted by atomic mass is 10.0. The van der Waals surface area contributed by atoms with Gasteiger partial charge in [0.25, 0.3) is 5.91 Å². The van der Waals surface area contributed by atoms with E-state index in [9.17, 15) is 4.79 Å². The van der Waals surface area contributed by atoms with E-state index in [1.54, 1.807) is 12.1 Å². The van der Waals surface area contributed by atoms with Gasteiger partial charge in [0, 0.05) is 25.2 Å². The van der Waals surface area contributed by atoms with Crippen LogP contribution in [0, 0.1) is 0 Å². The van der Waals surface area contributed by atoms with Gasteiger partial charge in [-0.15, -0.1) is 0 Å². The van der Waals surface area contributed by atoms with Gasteiger partial charge in [-0.05, 0) is 38.8 Å². The molecular weight excluding hydrogens is 288 g/mol. The molecule has 1 heterocycles. The minimum absolute atomic E-state index is 0.00806. The summed E-state index contributed by atoms with van der Waals surface area (Å²) in [5.41, 5.74) is 0. The zero-order valence-electron chi connectivity index (χ0n) is 12.6. The van der Waals surface area contributed by atoms with Crippen molar-refractivity contribution in [3.8, 4) is 5.75 Å². The number of amides is 1. The van der Waals surface area contributed by atoms with E-state index in [0.29, 0.717) is 16.8 Å². The second-order valence-electron chi connectivity index (χ2n) is 5.69. The summed E-state index contributed by atoms with van der Waals surface area (Å²) < 4.78 is 5.45. The molecular formula is C16H23ClN2O2. The molecule has 1 amide bonds. The average molecular weight is 311 g/mol. The number of nitrogens with one attached hydrogen (secondary N) is 1. The second kappa shape index (κ2) is 7.66. The molecule has 1 fully saturated rings. The first kappa shape index (κ1) is 16.1. The Bertz CT molecular complexity index is 471. The van der Waals surface area contributed by atoms with Crippen LogP contribution in [0.25, 0.3) is 0 Å². The third-order valence-electron chi connectivity index (χ3n) is 3.82. The number of benzene rings is 1. The Labute approximate surface area is 131 Å². The van der Waals surface area contributed by atoms with E-state index in [1.807, 2.05) is 12.1 Å². The summed E-state index contributed by atoms with van der Waals surface area (Å²) in [7, 11) is 0. The number of piperidine rings is 1. The van der Waals surface area contributed by atoms with E-state index in [4.69, 9.17) is 16.3 Å². The molecule has 2 rings (SSSR count). The fourth-order valence-electron chi connectivity index (χ4n) is 2.53. The van der Waals surface area contributed by atoms with Gasteiger partial charge in [-0.1, -0.05) is 23.7 Å². The number of para-hydroxylation sites is 1. The molecule has 1 saturated heterocycles. The van der Waals surface area contributed by atoms with Gasteiger partial charge in [-0.2, -0.15) is 0 Å². The number of hydrogen-bond acceptors (Lipinski definition) is 3. The molecule has 0 unspecified atom stereocenters. The highest BCUT2D eigenvalue weighted by Gasteiger charge is 2.22. The van der Waals surface area contributed by atoms with Crippen molar-refractivity contribution in [2.75, 3.05) is 19.7 Å². The van der Waals surface area contributed by atoms with Gasteiger partial charge in [-0.25, -0.2) is 0 Å². The summed E-state index contributed by atoms with van der Waals surface area (Å²) in [4.78, 5) is 14.4. The molecule has 0 aromatic heterocycles. The van der Waals surface area contributed by atoms with Crippen LogP contribution < -0.4 is 10.1 Å². The van der Waals surface area contributed by atoms with Crippen molar-refractivity contribution in [1.29, 1.82) is 0 Å². The standard InChI is InChI=1S/C16H23ClN2O2/c1-12(2)19-9-7-13(8-10-19)18-16(20)11-21-15-6-4-3-5-14(15)17/h3-6,12-13H,7-11H2,1-2H3,(H,18,20). The van der Waals surface area contributed by atoms with Crippen molar-refractivity contribution in [3.63, 3.8) is 0 Å². The molecule has 1 aliphatic heterocycles. The Morgan fingerprint density at radius 3 is 2.67 bits per heavy atom. The third-order valence-corrected chi connectivity index (χ3v) is 4.13. The predicted octanol–water partition coefficient (Wildman–Crippen LogP) is 2.71. The SMILES string of the molecule is CC(C)N1CCC(NC(=O)COc2ccccc2Cl)CC1. The van der Waals surface area contributed by atoms with Crippen LogP contribution in [-0.2, 0) is 4.79 Å². The number of halogens is 1. The van der Waals surface area contributed by atoms with E-state index < -0.39 is 0 Å². The number of hydrogen-bond donors (Lipinski definition) is 1. The molecule has 4 nitrogen and oxygen atoms in total. The topological polar surface area (TPSA) is 41.6 Å². The zero-order chi connectivity index (χ0) is 15.2. The van der Waals surface area contributed by atoms with E-state index in [-0.39, 0.29) is 18.6 Å². The van der Waals surface area contributed by atoms with Crippen molar-refractivity contribution in [2.45, 2.75) is 38.8 Å². The number of likely N-dealkylation sites (tertiary alicyclic amines) is 1. The van der Waals surface area contributed by atoms with E-state index >= 15 is 0 Å². The molecule has 0 radical (unpaired) electrons. The summed E-state index contributed by atoms with van der Waals surface area (Å²) in [6.07, 6.45) is 1.99. The first-order valence-corrected chi connectivity index (χ1v) is 7.85. The molecule has 0 saturated carbocycles. The van der Waals surface area contributed by atoms with Gasteiger partial charge in [0.15, 0.2) is 6.61 Å². The van der Waals surface area contributed by atoms with Crippen molar-refractivity contribution in [1.82, 2.24) is 10.2 Å². The highest BCUT2D eigenvalue weighted by atomic mass is 35.5. The van der Waals surface area contributed by atoms with E-state index in [2.05, 4.69) is 24.1 Å². The lowest BCUT2D eigenvalue weighted by Gasteiger charge is -2.34. The number of nitrogens with zero attached hydrogens (tertiary/aromatic N) is 1. The van der Waals surface area contributed by atoms with Crippen LogP contribution in [0.4, 0.5) is 0 Å². The minimum atomic E-state index is -0.0853. The Kier molecular flexibility index (Phi) is 5.88. The van der Waals surface area contributed by atoms with Gasteiger partial charge in [-0.3, -0.25) is 4.79 Å². The van der Waals surface area contributed by atoms with Crippen LogP contribution >= 0.6 is 11.6 Å². The van der Waals surface area contributed by atoms with E-state index in [1.165, 1.54) is 0 Å². The summed E-state index contributed by atoms with van der Waals surface area (Å²) in [6.45, 7) is 6.49. The second-order valence-corrected chi connectivity index (χ2v) is 6.10. The molecule has 0 bridgehead atoms. The highest BCUT2D eigenvalue weighted by molar-refractivity contribution is 6.32. The normalized spacial score (nSPS) is 17.0. The van der Waals surface area contributed by atoms with Crippen LogP contribution in [-0.4, -0.2) is 42.6 Å². The van der Waals surface area contributed by atoms with Gasteiger partial charge < -0.3 is 15.0 Å². The summed E-state index contributed by atoms with van der Waals surface area (Å²) in [6, 6.07) is 8.00. The highest BCUT2D eigenvalue weighted by Crippen LogP contribution is 2.22. The molecule has 0 spiro atoms. The molecule has 116 valence electrons. The summed E-state index contributed by atoms with van der Waals surface area (Å²) in [5, 5.41) is 3.56. The maximum absolute atomic E-state index is 11.9. The quantitative estimate of drug-likeness (QED) is 0.909.